The van der Waals surface area contributed by atoms with Crippen molar-refractivity contribution in [3.63, 3.8) is 0 Å². The van der Waals surface area contributed by atoms with Gasteiger partial charge in [0.15, 0.2) is 0 Å². The average Bonchev–Trinajstić information content (AvgIpc) is 3.22. The molecule has 1 aliphatic rings. The number of fused-ring (bicyclic) bond motifs is 3. The zero-order chi connectivity index (χ0) is 25.8. The third-order valence-corrected chi connectivity index (χ3v) is 7.22. The lowest BCUT2D eigenvalue weighted by atomic mass is 9.94. The molecule has 9 heteroatoms. The number of aromatic nitrogens is 2. The van der Waals surface area contributed by atoms with Gasteiger partial charge < -0.3 is 9.72 Å². The number of H-pyrrole nitrogens is 1. The maximum Gasteiger partial charge on any atom is 0.416 e. The maximum atomic E-state index is 13.1. The summed E-state index contributed by atoms with van der Waals surface area (Å²) in [4.78, 5) is 8.31. The number of alkyl halides is 3. The van der Waals surface area contributed by atoms with Gasteiger partial charge in [-0.2, -0.15) is 13.2 Å². The molecule has 182 valence electrons. The molecule has 0 spiro atoms. The molecule has 5 rings (SSSR count). The van der Waals surface area contributed by atoms with E-state index in [1.165, 1.54) is 6.07 Å². The van der Waals surface area contributed by atoms with Crippen LogP contribution in [0.2, 0.25) is 5.02 Å². The Hall–Kier alpha value is -2.73. The minimum atomic E-state index is -4.50. The SMILES string of the molecule is CC1(C)Oc2cc(C#Cc3cc(Cl)cc(C(F)(F)F)c3)ccc2-c2nc(-c3c(Br)cccc3Br)[nH]c21. The van der Waals surface area contributed by atoms with E-state index in [2.05, 4.69) is 48.7 Å². The van der Waals surface area contributed by atoms with Gasteiger partial charge in [-0.1, -0.05) is 29.5 Å². The van der Waals surface area contributed by atoms with E-state index in [9.17, 15) is 13.2 Å². The molecule has 2 heterocycles. The number of nitrogens with one attached hydrogen (secondary N) is 1. The Labute approximate surface area is 227 Å². The van der Waals surface area contributed by atoms with Gasteiger partial charge in [-0.3, -0.25) is 0 Å². The number of hydrogen-bond acceptors (Lipinski definition) is 2. The summed E-state index contributed by atoms with van der Waals surface area (Å²) in [6.07, 6.45) is -4.50. The summed E-state index contributed by atoms with van der Waals surface area (Å²) in [5.74, 6) is 6.97. The Morgan fingerprint density at radius 3 is 2.36 bits per heavy atom. The summed E-state index contributed by atoms with van der Waals surface area (Å²) in [5, 5.41) is -0.0248. The first-order valence-electron chi connectivity index (χ1n) is 10.7. The molecule has 1 aliphatic heterocycles. The monoisotopic (exact) mass is 634 g/mol. The third-order valence-electron chi connectivity index (χ3n) is 5.68. The number of imidazole rings is 1. The van der Waals surface area contributed by atoms with Crippen molar-refractivity contribution < 1.29 is 17.9 Å². The molecule has 0 saturated heterocycles. The highest BCUT2D eigenvalue weighted by atomic mass is 79.9. The minimum Gasteiger partial charge on any atom is -0.481 e. The first kappa shape index (κ1) is 24.9. The number of hydrogen-bond donors (Lipinski definition) is 1. The van der Waals surface area contributed by atoms with Gasteiger partial charge in [0.25, 0.3) is 0 Å². The largest absolute Gasteiger partial charge is 0.481 e. The molecular formula is C27H16Br2ClF3N2O. The topological polar surface area (TPSA) is 37.9 Å². The Kier molecular flexibility index (Phi) is 6.22. The predicted octanol–water partition coefficient (Wildman–Crippen LogP) is 8.97. The van der Waals surface area contributed by atoms with Gasteiger partial charge in [0.2, 0.25) is 0 Å². The van der Waals surface area contributed by atoms with Crippen molar-refractivity contribution in [3.05, 3.63) is 90.9 Å². The molecule has 1 N–H and O–H groups in total. The van der Waals surface area contributed by atoms with Gasteiger partial charge in [-0.05, 0) is 94.2 Å². The second kappa shape index (κ2) is 8.98. The van der Waals surface area contributed by atoms with Crippen LogP contribution < -0.4 is 4.74 Å². The van der Waals surface area contributed by atoms with Crippen LogP contribution in [-0.4, -0.2) is 9.97 Å². The lowest BCUT2D eigenvalue weighted by Gasteiger charge is -2.31. The Morgan fingerprint density at radius 1 is 0.972 bits per heavy atom. The zero-order valence-corrected chi connectivity index (χ0v) is 22.7. The molecule has 0 atom stereocenters. The fourth-order valence-corrected chi connectivity index (χ4v) is 5.63. The summed E-state index contributed by atoms with van der Waals surface area (Å²) < 4.78 is 47.4. The molecule has 4 aromatic rings. The lowest BCUT2D eigenvalue weighted by molar-refractivity contribution is -0.137. The summed E-state index contributed by atoms with van der Waals surface area (Å²) in [7, 11) is 0. The highest BCUT2D eigenvalue weighted by Gasteiger charge is 2.36. The second-order valence-corrected chi connectivity index (χ2v) is 10.9. The van der Waals surface area contributed by atoms with Gasteiger partial charge in [0.1, 0.15) is 17.2 Å². The fourth-order valence-electron chi connectivity index (χ4n) is 4.02. The van der Waals surface area contributed by atoms with Crippen LogP contribution >= 0.6 is 43.5 Å². The first-order valence-corrected chi connectivity index (χ1v) is 12.7. The van der Waals surface area contributed by atoms with E-state index in [1.807, 2.05) is 38.1 Å². The smallest absolute Gasteiger partial charge is 0.416 e. The van der Waals surface area contributed by atoms with Crippen molar-refractivity contribution in [3.8, 4) is 40.2 Å². The molecule has 1 aromatic heterocycles. The number of aromatic amines is 1. The van der Waals surface area contributed by atoms with Crippen LogP contribution in [0.1, 0.15) is 36.2 Å². The number of rotatable bonds is 1. The summed E-state index contributed by atoms with van der Waals surface area (Å²) in [5.41, 5.74) is 2.51. The van der Waals surface area contributed by atoms with Crippen LogP contribution in [0.4, 0.5) is 13.2 Å². The molecule has 0 bridgehead atoms. The van der Waals surface area contributed by atoms with E-state index >= 15 is 0 Å². The van der Waals surface area contributed by atoms with Crippen LogP contribution in [-0.2, 0) is 11.8 Å². The maximum absolute atomic E-state index is 13.1. The van der Waals surface area contributed by atoms with Gasteiger partial charge in [0.05, 0.1) is 17.0 Å². The molecule has 0 aliphatic carbocycles. The number of ether oxygens (including phenoxy) is 1. The number of benzene rings is 3. The predicted molar refractivity (Wildman–Crippen MR) is 141 cm³/mol. The van der Waals surface area contributed by atoms with E-state index in [0.29, 0.717) is 17.1 Å². The van der Waals surface area contributed by atoms with E-state index in [-0.39, 0.29) is 10.6 Å². The summed E-state index contributed by atoms with van der Waals surface area (Å²) in [6, 6.07) is 14.5. The highest BCUT2D eigenvalue weighted by molar-refractivity contribution is 9.11. The fraction of sp³-hybridized carbons (Fsp3) is 0.148. The van der Waals surface area contributed by atoms with Crippen molar-refractivity contribution >= 4 is 43.5 Å². The second-order valence-electron chi connectivity index (χ2n) is 8.71. The molecule has 0 fully saturated rings. The van der Waals surface area contributed by atoms with Gasteiger partial charge in [0, 0.05) is 36.2 Å². The molecular weight excluding hydrogens is 621 g/mol. The van der Waals surface area contributed by atoms with E-state index in [1.54, 1.807) is 12.1 Å². The van der Waals surface area contributed by atoms with Crippen LogP contribution in [0.15, 0.2) is 63.5 Å². The van der Waals surface area contributed by atoms with Crippen LogP contribution in [0, 0.1) is 11.8 Å². The van der Waals surface area contributed by atoms with Gasteiger partial charge >= 0.3 is 6.18 Å². The number of nitrogens with zero attached hydrogens (tertiary/aromatic N) is 1. The van der Waals surface area contributed by atoms with Crippen molar-refractivity contribution in [1.82, 2.24) is 9.97 Å². The van der Waals surface area contributed by atoms with Gasteiger partial charge in [-0.25, -0.2) is 4.98 Å². The van der Waals surface area contributed by atoms with Crippen molar-refractivity contribution in [2.75, 3.05) is 0 Å². The third kappa shape index (κ3) is 4.68. The Bertz CT molecular complexity index is 1560. The lowest BCUT2D eigenvalue weighted by Crippen LogP contribution is -2.29. The minimum absolute atomic E-state index is 0.0248. The summed E-state index contributed by atoms with van der Waals surface area (Å²) in [6.45, 7) is 3.88. The molecule has 36 heavy (non-hydrogen) atoms. The van der Waals surface area contributed by atoms with E-state index in [4.69, 9.17) is 21.3 Å². The molecule has 0 radical (unpaired) electrons. The van der Waals surface area contributed by atoms with Crippen LogP contribution in [0.5, 0.6) is 5.75 Å². The van der Waals surface area contributed by atoms with Gasteiger partial charge in [-0.15, -0.1) is 0 Å². The molecule has 0 saturated carbocycles. The first-order chi connectivity index (χ1) is 16.9. The van der Waals surface area contributed by atoms with Crippen LogP contribution in [0.3, 0.4) is 0 Å². The van der Waals surface area contributed by atoms with E-state index < -0.39 is 17.3 Å². The average molecular weight is 637 g/mol. The van der Waals surface area contributed by atoms with Crippen molar-refractivity contribution in [2.24, 2.45) is 0 Å². The normalized spacial score (nSPS) is 13.8. The molecule has 0 amide bonds. The Morgan fingerprint density at radius 2 is 1.67 bits per heavy atom. The quantitative estimate of drug-likeness (QED) is 0.212. The zero-order valence-electron chi connectivity index (χ0n) is 18.8. The highest BCUT2D eigenvalue weighted by Crippen LogP contribution is 2.46. The molecule has 3 aromatic carbocycles. The molecule has 3 nitrogen and oxygen atoms in total. The standard InChI is InChI=1S/C27H16Br2ClF3N2O/c1-26(2)24-23(34-25(35-24)22-19(28)4-3-5-20(22)29)18-9-8-14(12-21(18)36-26)6-7-15-10-16(27(31,32)33)13-17(30)11-15/h3-5,8-13H,1-2H3,(H,34,35). The number of halogens is 6. The van der Waals surface area contributed by atoms with Crippen LogP contribution in [0.25, 0.3) is 22.6 Å². The Balaban J connectivity index is 1.55. The molecule has 0 unspecified atom stereocenters. The summed E-state index contributed by atoms with van der Waals surface area (Å²) >= 11 is 13.1. The van der Waals surface area contributed by atoms with E-state index in [0.717, 1.165) is 43.6 Å². The van der Waals surface area contributed by atoms with Crippen molar-refractivity contribution in [2.45, 2.75) is 25.6 Å². The van der Waals surface area contributed by atoms with Crippen molar-refractivity contribution in [1.29, 1.82) is 0 Å².